The fourth-order valence-electron chi connectivity index (χ4n) is 3.58. The Morgan fingerprint density at radius 2 is 1.82 bits per heavy atom. The van der Waals surface area contributed by atoms with Gasteiger partial charge in [-0.15, -0.1) is 0 Å². The van der Waals surface area contributed by atoms with Gasteiger partial charge in [0.2, 0.25) is 21.8 Å². The molecule has 0 heterocycles. The number of sulfonamides is 1. The molecule has 2 aromatic rings. The van der Waals surface area contributed by atoms with Crippen molar-refractivity contribution in [1.29, 1.82) is 0 Å². The van der Waals surface area contributed by atoms with Crippen LogP contribution in [0, 0.1) is 12.7 Å². The number of nitrogens with one attached hydrogen (secondary N) is 1. The summed E-state index contributed by atoms with van der Waals surface area (Å²) in [4.78, 5) is 27.1. The number of carbonyl (C=O) groups excluding carboxylic acids is 2. The topological polar surface area (TPSA) is 86.8 Å². The number of nitrogens with zero attached hydrogens (tertiary/aromatic N) is 2. The molecule has 1 atom stereocenters. The Kier molecular flexibility index (Phi) is 10.0. The Morgan fingerprint density at radius 3 is 2.44 bits per heavy atom. The molecule has 0 aliphatic heterocycles. The molecule has 0 spiro atoms. The second-order valence-corrected chi connectivity index (χ2v) is 10.3. The number of rotatable bonds is 12. The van der Waals surface area contributed by atoms with E-state index in [9.17, 15) is 22.4 Å². The van der Waals surface area contributed by atoms with Gasteiger partial charge in [0.05, 0.1) is 11.9 Å². The zero-order chi connectivity index (χ0) is 25.3. The average Bonchev–Trinajstić information content (AvgIpc) is 2.78. The molecule has 1 N–H and O–H groups in total. The van der Waals surface area contributed by atoms with Gasteiger partial charge >= 0.3 is 0 Å². The highest BCUT2D eigenvalue weighted by atomic mass is 32.2. The van der Waals surface area contributed by atoms with Crippen LogP contribution in [-0.4, -0.2) is 50.5 Å². The van der Waals surface area contributed by atoms with E-state index in [-0.39, 0.29) is 37.7 Å². The fraction of sp³-hybridized carbons (Fsp3) is 0.440. The minimum absolute atomic E-state index is 0.0116. The molecule has 7 nitrogen and oxygen atoms in total. The SMILES string of the molecule is CCCNC(=O)[C@@H](C)N(Cc1ccccc1F)C(=O)CCCN(c1cccc(C)c1)S(C)(=O)=O. The molecule has 2 aromatic carbocycles. The molecule has 2 rings (SSSR count). The Morgan fingerprint density at radius 1 is 1.12 bits per heavy atom. The smallest absolute Gasteiger partial charge is 0.242 e. The average molecular weight is 492 g/mol. The van der Waals surface area contributed by atoms with Crippen molar-refractivity contribution in [3.8, 4) is 0 Å². The van der Waals surface area contributed by atoms with E-state index in [0.717, 1.165) is 18.2 Å². The molecule has 0 aliphatic rings. The van der Waals surface area contributed by atoms with Crippen molar-refractivity contribution in [2.45, 2.75) is 52.6 Å². The Balaban J connectivity index is 2.16. The summed E-state index contributed by atoms with van der Waals surface area (Å²) in [5.41, 5.74) is 1.76. The summed E-state index contributed by atoms with van der Waals surface area (Å²) in [6.45, 7) is 5.94. The number of anilines is 1. The standard InChI is InChI=1S/C25H34FN3O4S/c1-5-15-27-25(31)20(3)28(18-21-11-6-7-13-23(21)26)24(30)14-9-16-29(34(4,32)33)22-12-8-10-19(2)17-22/h6-8,10-13,17,20H,5,9,14-16,18H2,1-4H3,(H,27,31)/t20-/m1/s1. The summed E-state index contributed by atoms with van der Waals surface area (Å²) in [6, 6.07) is 12.5. The van der Waals surface area contributed by atoms with Crippen molar-refractivity contribution in [1.82, 2.24) is 10.2 Å². The third-order valence-electron chi connectivity index (χ3n) is 5.46. The molecule has 34 heavy (non-hydrogen) atoms. The molecule has 0 unspecified atom stereocenters. The summed E-state index contributed by atoms with van der Waals surface area (Å²) < 4.78 is 40.3. The first-order valence-electron chi connectivity index (χ1n) is 11.4. The van der Waals surface area contributed by atoms with E-state index < -0.39 is 21.9 Å². The van der Waals surface area contributed by atoms with Gasteiger partial charge < -0.3 is 10.2 Å². The maximum atomic E-state index is 14.3. The third-order valence-corrected chi connectivity index (χ3v) is 6.65. The van der Waals surface area contributed by atoms with Gasteiger partial charge in [-0.25, -0.2) is 12.8 Å². The van der Waals surface area contributed by atoms with Crippen LogP contribution >= 0.6 is 0 Å². The monoisotopic (exact) mass is 491 g/mol. The number of benzene rings is 2. The first kappa shape index (κ1) is 27.3. The molecule has 0 fully saturated rings. The van der Waals surface area contributed by atoms with E-state index in [0.29, 0.717) is 17.8 Å². The van der Waals surface area contributed by atoms with Crippen molar-refractivity contribution in [3.63, 3.8) is 0 Å². The van der Waals surface area contributed by atoms with Gasteiger partial charge in [-0.2, -0.15) is 0 Å². The molecule has 0 radical (unpaired) electrons. The largest absolute Gasteiger partial charge is 0.354 e. The van der Waals surface area contributed by atoms with Crippen LogP contribution in [0.1, 0.15) is 44.2 Å². The lowest BCUT2D eigenvalue weighted by Gasteiger charge is -2.29. The van der Waals surface area contributed by atoms with E-state index >= 15 is 0 Å². The molecule has 2 amide bonds. The minimum Gasteiger partial charge on any atom is -0.354 e. The molecule has 0 aliphatic carbocycles. The lowest BCUT2D eigenvalue weighted by Crippen LogP contribution is -2.48. The van der Waals surface area contributed by atoms with Gasteiger partial charge in [0.25, 0.3) is 0 Å². The lowest BCUT2D eigenvalue weighted by molar-refractivity contribution is -0.140. The summed E-state index contributed by atoms with van der Waals surface area (Å²) in [7, 11) is -3.55. The van der Waals surface area contributed by atoms with Gasteiger partial charge in [-0.3, -0.25) is 13.9 Å². The number of carbonyl (C=O) groups is 2. The molecule has 9 heteroatoms. The van der Waals surface area contributed by atoms with Crippen LogP contribution in [0.15, 0.2) is 48.5 Å². The van der Waals surface area contributed by atoms with Crippen LogP contribution in [0.4, 0.5) is 10.1 Å². The normalized spacial score (nSPS) is 12.1. The maximum Gasteiger partial charge on any atom is 0.242 e. The van der Waals surface area contributed by atoms with Crippen molar-refractivity contribution >= 4 is 27.5 Å². The van der Waals surface area contributed by atoms with Crippen LogP contribution in [0.2, 0.25) is 0 Å². The number of hydrogen-bond donors (Lipinski definition) is 1. The predicted octanol–water partition coefficient (Wildman–Crippen LogP) is 3.62. The highest BCUT2D eigenvalue weighted by molar-refractivity contribution is 7.92. The van der Waals surface area contributed by atoms with E-state index in [2.05, 4.69) is 5.32 Å². The van der Waals surface area contributed by atoms with E-state index in [1.165, 1.54) is 15.3 Å². The van der Waals surface area contributed by atoms with Crippen LogP contribution < -0.4 is 9.62 Å². The van der Waals surface area contributed by atoms with E-state index in [1.54, 1.807) is 43.3 Å². The molecule has 186 valence electrons. The van der Waals surface area contributed by atoms with E-state index in [1.807, 2.05) is 19.9 Å². The highest BCUT2D eigenvalue weighted by Crippen LogP contribution is 2.20. The van der Waals surface area contributed by atoms with Crippen molar-refractivity contribution < 1.29 is 22.4 Å². The Bertz CT molecular complexity index is 1090. The summed E-state index contributed by atoms with van der Waals surface area (Å²) >= 11 is 0. The second kappa shape index (κ2) is 12.5. The van der Waals surface area contributed by atoms with Crippen LogP contribution in [0.3, 0.4) is 0 Å². The molecular weight excluding hydrogens is 457 g/mol. The first-order valence-corrected chi connectivity index (χ1v) is 13.2. The van der Waals surface area contributed by atoms with Gasteiger partial charge in [0, 0.05) is 31.6 Å². The number of hydrogen-bond acceptors (Lipinski definition) is 4. The fourth-order valence-corrected chi connectivity index (χ4v) is 4.53. The minimum atomic E-state index is -3.55. The lowest BCUT2D eigenvalue weighted by atomic mass is 10.1. The van der Waals surface area contributed by atoms with Crippen molar-refractivity contribution in [2.24, 2.45) is 0 Å². The predicted molar refractivity (Wildman–Crippen MR) is 132 cm³/mol. The Labute approximate surface area is 202 Å². The summed E-state index contributed by atoms with van der Waals surface area (Å²) in [5, 5.41) is 2.77. The quantitative estimate of drug-likeness (QED) is 0.491. The van der Waals surface area contributed by atoms with Gasteiger partial charge in [-0.05, 0) is 50.5 Å². The van der Waals surface area contributed by atoms with Crippen LogP contribution in [0.5, 0.6) is 0 Å². The van der Waals surface area contributed by atoms with Crippen molar-refractivity contribution in [3.05, 3.63) is 65.5 Å². The zero-order valence-corrected chi connectivity index (χ0v) is 21.1. The van der Waals surface area contributed by atoms with Gasteiger partial charge in [0.15, 0.2) is 0 Å². The summed E-state index contributed by atoms with van der Waals surface area (Å²) in [5.74, 6) is -1.12. The molecular formula is C25H34FN3O4S. The second-order valence-electron chi connectivity index (χ2n) is 8.36. The third kappa shape index (κ3) is 7.83. The van der Waals surface area contributed by atoms with Crippen LogP contribution in [-0.2, 0) is 26.2 Å². The molecule has 0 bridgehead atoms. The van der Waals surface area contributed by atoms with E-state index in [4.69, 9.17) is 0 Å². The number of amides is 2. The number of aryl methyl sites for hydroxylation is 1. The first-order chi connectivity index (χ1) is 16.0. The molecule has 0 saturated heterocycles. The Hall–Kier alpha value is -2.94. The molecule has 0 saturated carbocycles. The summed E-state index contributed by atoms with van der Waals surface area (Å²) in [6.07, 6.45) is 2.14. The zero-order valence-electron chi connectivity index (χ0n) is 20.3. The molecule has 0 aromatic heterocycles. The highest BCUT2D eigenvalue weighted by Gasteiger charge is 2.27. The van der Waals surface area contributed by atoms with Gasteiger partial charge in [0.1, 0.15) is 11.9 Å². The van der Waals surface area contributed by atoms with Gasteiger partial charge in [-0.1, -0.05) is 37.3 Å². The maximum absolute atomic E-state index is 14.3. The van der Waals surface area contributed by atoms with Crippen molar-refractivity contribution in [2.75, 3.05) is 23.7 Å². The van der Waals surface area contributed by atoms with Crippen LogP contribution in [0.25, 0.3) is 0 Å². The number of halogens is 1.